The summed E-state index contributed by atoms with van der Waals surface area (Å²) < 4.78 is 0. The van der Waals surface area contributed by atoms with Crippen molar-refractivity contribution in [2.45, 2.75) is 0 Å². The molecule has 6 nitrogen and oxygen atoms in total. The molecule has 1 aromatic heterocycles. The van der Waals surface area contributed by atoms with Crippen molar-refractivity contribution in [1.82, 2.24) is 9.97 Å². The highest BCUT2D eigenvalue weighted by Gasteiger charge is 2.20. The minimum Gasteiger partial charge on any atom is -0.364 e. The first-order valence-electron chi connectivity index (χ1n) is 2.44. The van der Waals surface area contributed by atoms with Crippen LogP contribution in [0.4, 0.5) is 5.82 Å². The fourth-order valence-electron chi connectivity index (χ4n) is 0.544. The third-order valence-corrected chi connectivity index (χ3v) is 0.960. The summed E-state index contributed by atoms with van der Waals surface area (Å²) in [6, 6.07) is 0. The summed E-state index contributed by atoms with van der Waals surface area (Å²) in [6.07, 6.45) is 1.22. The summed E-state index contributed by atoms with van der Waals surface area (Å²) in [5, 5.41) is 8.19. The van der Waals surface area contributed by atoms with Crippen molar-refractivity contribution in [2.24, 2.45) is 5.73 Å². The Bertz CT molecular complexity index is 295. The summed E-state index contributed by atoms with van der Waals surface area (Å²) >= 11 is 0. The van der Waals surface area contributed by atoms with Crippen molar-refractivity contribution >= 4 is 11.7 Å². The van der Waals surface area contributed by atoms with Crippen molar-refractivity contribution in [2.75, 3.05) is 0 Å². The molecule has 0 radical (unpaired) electrons. The number of carbonyl (C=O) groups excluding carboxylic acids is 1. The number of rotatable bonds is 1. The van der Waals surface area contributed by atoms with E-state index >= 15 is 0 Å². The Morgan fingerprint density at radius 2 is 2.60 bits per heavy atom. The van der Waals surface area contributed by atoms with Crippen LogP contribution in [-0.2, 0) is 0 Å². The first kappa shape index (κ1) is 6.22. The first-order valence-corrected chi connectivity index (χ1v) is 2.44. The van der Waals surface area contributed by atoms with Gasteiger partial charge >= 0.3 is 5.82 Å². The van der Waals surface area contributed by atoms with Gasteiger partial charge in [-0.25, -0.2) is 0 Å². The van der Waals surface area contributed by atoms with E-state index in [0.29, 0.717) is 0 Å². The molecule has 0 aliphatic carbocycles. The van der Waals surface area contributed by atoms with Gasteiger partial charge in [-0.3, -0.25) is 4.79 Å². The van der Waals surface area contributed by atoms with E-state index in [1.54, 1.807) is 0 Å². The van der Waals surface area contributed by atoms with E-state index in [0.717, 1.165) is 0 Å². The van der Waals surface area contributed by atoms with Crippen LogP contribution in [0.3, 0.4) is 0 Å². The quantitative estimate of drug-likeness (QED) is 0.422. The van der Waals surface area contributed by atoms with Gasteiger partial charge < -0.3 is 10.7 Å². The van der Waals surface area contributed by atoms with E-state index < -0.39 is 5.91 Å². The van der Waals surface area contributed by atoms with Crippen LogP contribution < -0.4 is 5.73 Å². The van der Waals surface area contributed by atoms with Gasteiger partial charge in [-0.05, 0) is 4.98 Å². The minimum atomic E-state index is -0.703. The molecule has 0 spiro atoms. The number of nitrogens with one attached hydrogen (secondary N) is 1. The molecule has 0 fully saturated rings. The maximum atomic E-state index is 10.4. The lowest BCUT2D eigenvalue weighted by Gasteiger charge is -1.78. The van der Waals surface area contributed by atoms with Gasteiger partial charge in [-0.1, -0.05) is 0 Å². The number of nitrogens with two attached hydrogens (primary N) is 1. The Labute approximate surface area is 55.7 Å². The molecule has 1 heterocycles. The Kier molecular flexibility index (Phi) is 1.33. The Hall–Kier alpha value is -1.90. The molecule has 0 saturated heterocycles. The van der Waals surface area contributed by atoms with E-state index in [4.69, 9.17) is 11.1 Å². The summed E-state index contributed by atoms with van der Waals surface area (Å²) in [5.74, 6) is -0.794. The molecule has 0 bridgehead atoms. The van der Waals surface area contributed by atoms with Gasteiger partial charge in [0, 0.05) is 4.98 Å². The van der Waals surface area contributed by atoms with Crippen molar-refractivity contribution in [3.63, 3.8) is 0 Å². The lowest BCUT2D eigenvalue weighted by Crippen LogP contribution is -2.11. The number of diazo groups is 1. The number of hydrogen-bond acceptors (Lipinski definition) is 3. The summed E-state index contributed by atoms with van der Waals surface area (Å²) in [5.41, 5.74) is 4.86. The number of primary amides is 1. The Morgan fingerprint density at radius 1 is 1.90 bits per heavy atom. The number of aromatic amines is 1. The van der Waals surface area contributed by atoms with E-state index in [2.05, 4.69) is 14.9 Å². The second kappa shape index (κ2) is 2.14. The Balaban J connectivity index is 3.17. The van der Waals surface area contributed by atoms with Gasteiger partial charge in [0.15, 0.2) is 0 Å². The van der Waals surface area contributed by atoms with Gasteiger partial charge in [0.25, 0.3) is 5.91 Å². The second-order valence-electron chi connectivity index (χ2n) is 1.57. The molecule has 3 N–H and O–H groups in total. The molecule has 0 unspecified atom stereocenters. The maximum absolute atomic E-state index is 10.4. The number of amides is 1. The minimum absolute atomic E-state index is 0.00231. The average Bonchev–Trinajstić information content (AvgIpc) is 2.33. The average molecular weight is 139 g/mol. The number of imidazole rings is 1. The fraction of sp³-hybridized carbons (Fsp3) is 0. The highest BCUT2D eigenvalue weighted by Crippen LogP contribution is 2.10. The first-order chi connectivity index (χ1) is 4.75. The molecule has 0 saturated carbocycles. The molecular weight excluding hydrogens is 135 g/mol. The SMILES string of the molecule is NC(=O)c1[nH]cnc1[N+]#[15N]. The van der Waals surface area contributed by atoms with Gasteiger partial charge in [-0.15, -0.1) is 0 Å². The van der Waals surface area contributed by atoms with Crippen molar-refractivity contribution < 1.29 is 4.79 Å². The summed E-state index contributed by atoms with van der Waals surface area (Å²) in [7, 11) is 0. The molecule has 0 aliphatic heterocycles. The molecule has 0 aromatic carbocycles. The molecule has 1 amide bonds. The molecule has 0 atom stereocenters. The Morgan fingerprint density at radius 3 is 3.00 bits per heavy atom. The molecule has 0 aliphatic rings. The van der Waals surface area contributed by atoms with Crippen LogP contribution in [0.15, 0.2) is 6.33 Å². The highest BCUT2D eigenvalue weighted by atomic mass is 16.1. The standard InChI is InChI=1S/C4H3N5O/c5-3(10)2-4(9-6)8-1-7-2/h1H,(H2-,5,7,8,10)/p+1/i6+1. The summed E-state index contributed by atoms with van der Waals surface area (Å²) in [4.78, 5) is 19.0. The van der Waals surface area contributed by atoms with Crippen LogP contribution in [-0.4, -0.2) is 15.9 Å². The van der Waals surface area contributed by atoms with E-state index in [1.807, 2.05) is 0 Å². The zero-order valence-electron chi connectivity index (χ0n) is 4.90. The molecule has 50 valence electrons. The van der Waals surface area contributed by atoms with Crippen molar-refractivity contribution in [3.05, 3.63) is 17.0 Å². The van der Waals surface area contributed by atoms with Crippen LogP contribution in [0.25, 0.3) is 4.98 Å². The van der Waals surface area contributed by atoms with Crippen LogP contribution in [0.2, 0.25) is 0 Å². The monoisotopic (exact) mass is 139 g/mol. The fourth-order valence-corrected chi connectivity index (χ4v) is 0.544. The lowest BCUT2D eigenvalue weighted by molar-refractivity contribution is 0.0997. The smallest absolute Gasteiger partial charge is 0.364 e. The van der Waals surface area contributed by atoms with Gasteiger partial charge in [-0.2, -0.15) is 0 Å². The summed E-state index contributed by atoms with van der Waals surface area (Å²) in [6.45, 7) is 0. The number of nitrogens with zero attached hydrogens (tertiary/aromatic N) is 3. The van der Waals surface area contributed by atoms with E-state index in [9.17, 15) is 4.79 Å². The normalized spacial score (nSPS) is 8.70. The molecular formula is C4H4N5O+. The van der Waals surface area contributed by atoms with Gasteiger partial charge in [0.2, 0.25) is 12.0 Å². The highest BCUT2D eigenvalue weighted by molar-refractivity contribution is 5.95. The number of hydrogen-bond donors (Lipinski definition) is 2. The molecule has 6 heteroatoms. The third-order valence-electron chi connectivity index (χ3n) is 0.960. The predicted octanol–water partition coefficient (Wildman–Crippen LogP) is -0.00682. The molecule has 1 aromatic rings. The van der Waals surface area contributed by atoms with Crippen LogP contribution in [0, 0.1) is 5.39 Å². The van der Waals surface area contributed by atoms with Crippen LogP contribution >= 0.6 is 0 Å². The second-order valence-corrected chi connectivity index (χ2v) is 1.57. The van der Waals surface area contributed by atoms with Gasteiger partial charge in [0.05, 0.1) is 5.39 Å². The van der Waals surface area contributed by atoms with E-state index in [1.165, 1.54) is 6.33 Å². The maximum Gasteiger partial charge on any atom is 0.495 e. The number of H-pyrrole nitrogens is 1. The number of carbonyl (C=O) groups is 1. The van der Waals surface area contributed by atoms with Crippen molar-refractivity contribution in [1.29, 1.82) is 5.39 Å². The molecule has 1 rings (SSSR count). The number of aromatic nitrogens is 2. The van der Waals surface area contributed by atoms with Crippen LogP contribution in [0.1, 0.15) is 10.5 Å². The predicted molar refractivity (Wildman–Crippen MR) is 31.8 cm³/mol. The third kappa shape index (κ3) is 0.798. The lowest BCUT2D eigenvalue weighted by atomic mass is 10.4. The topological polar surface area (TPSA) is 99.9 Å². The van der Waals surface area contributed by atoms with Crippen LogP contribution in [0.5, 0.6) is 0 Å². The van der Waals surface area contributed by atoms with Gasteiger partial charge in [0.1, 0.15) is 0 Å². The van der Waals surface area contributed by atoms with E-state index in [-0.39, 0.29) is 11.5 Å². The largest absolute Gasteiger partial charge is 0.495 e. The zero-order chi connectivity index (χ0) is 7.56. The zero-order valence-corrected chi connectivity index (χ0v) is 4.90. The molecule has 10 heavy (non-hydrogen) atoms. The van der Waals surface area contributed by atoms with Crippen molar-refractivity contribution in [3.8, 4) is 0 Å².